The summed E-state index contributed by atoms with van der Waals surface area (Å²) in [6.07, 6.45) is 12.0. The molecule has 0 bridgehead atoms. The third-order valence-electron chi connectivity index (χ3n) is 4.55. The number of unbranched alkanes of at least 4 members (excludes halogenated alkanes) is 3. The molecular formula is C16H29N3O. The Morgan fingerprint density at radius 3 is 2.85 bits per heavy atom. The Hall–Kier alpha value is -0.900. The van der Waals surface area contributed by atoms with E-state index in [1.165, 1.54) is 44.9 Å². The van der Waals surface area contributed by atoms with Crippen LogP contribution in [-0.2, 0) is 6.42 Å². The van der Waals surface area contributed by atoms with Crippen LogP contribution < -0.4 is 5.73 Å². The van der Waals surface area contributed by atoms with Gasteiger partial charge in [-0.3, -0.25) is 0 Å². The standard InChI is InChI=1S/C16H29N3O/c1-2-13-8-7-9-14(12-13)16-18-15(20-19-16)10-5-3-4-6-11-17/h13-14H,2-12,17H2,1H3. The van der Waals surface area contributed by atoms with Gasteiger partial charge in [0.25, 0.3) is 0 Å². The van der Waals surface area contributed by atoms with Crippen molar-refractivity contribution < 1.29 is 4.52 Å². The van der Waals surface area contributed by atoms with Gasteiger partial charge in [0.05, 0.1) is 0 Å². The van der Waals surface area contributed by atoms with E-state index in [9.17, 15) is 0 Å². The molecule has 4 heteroatoms. The molecule has 1 aliphatic carbocycles. The number of rotatable bonds is 8. The lowest BCUT2D eigenvalue weighted by Gasteiger charge is -2.26. The largest absolute Gasteiger partial charge is 0.339 e. The first-order chi connectivity index (χ1) is 9.83. The Morgan fingerprint density at radius 2 is 2.05 bits per heavy atom. The van der Waals surface area contributed by atoms with Gasteiger partial charge < -0.3 is 10.3 Å². The van der Waals surface area contributed by atoms with E-state index in [-0.39, 0.29) is 0 Å². The molecule has 0 amide bonds. The summed E-state index contributed by atoms with van der Waals surface area (Å²) in [6.45, 7) is 3.08. The molecule has 1 heterocycles. The number of hydrogen-bond donors (Lipinski definition) is 1. The Kier molecular flexibility index (Phi) is 6.51. The van der Waals surface area contributed by atoms with Gasteiger partial charge in [-0.05, 0) is 38.1 Å². The van der Waals surface area contributed by atoms with Crippen LogP contribution in [0.5, 0.6) is 0 Å². The zero-order chi connectivity index (χ0) is 14.2. The third kappa shape index (κ3) is 4.58. The predicted octanol–water partition coefficient (Wildman–Crippen LogP) is 3.82. The fraction of sp³-hybridized carbons (Fsp3) is 0.875. The Balaban J connectivity index is 1.76. The fourth-order valence-electron chi connectivity index (χ4n) is 3.21. The average Bonchev–Trinajstić information content (AvgIpc) is 2.96. The van der Waals surface area contributed by atoms with E-state index in [4.69, 9.17) is 10.3 Å². The summed E-state index contributed by atoms with van der Waals surface area (Å²) in [7, 11) is 0. The molecule has 0 spiro atoms. The lowest BCUT2D eigenvalue weighted by atomic mass is 9.80. The third-order valence-corrected chi connectivity index (χ3v) is 4.55. The highest BCUT2D eigenvalue weighted by atomic mass is 16.5. The van der Waals surface area contributed by atoms with Crippen LogP contribution in [0.3, 0.4) is 0 Å². The van der Waals surface area contributed by atoms with Crippen LogP contribution in [0.1, 0.15) is 82.3 Å². The molecule has 0 aromatic carbocycles. The minimum atomic E-state index is 0.531. The number of nitrogens with zero attached hydrogens (tertiary/aromatic N) is 2. The molecule has 0 aliphatic heterocycles. The molecule has 20 heavy (non-hydrogen) atoms. The molecule has 0 saturated heterocycles. The Bertz CT molecular complexity index is 378. The summed E-state index contributed by atoms with van der Waals surface area (Å²) in [4.78, 5) is 4.62. The van der Waals surface area contributed by atoms with Gasteiger partial charge >= 0.3 is 0 Å². The molecule has 1 saturated carbocycles. The van der Waals surface area contributed by atoms with Gasteiger partial charge in [-0.15, -0.1) is 0 Å². The van der Waals surface area contributed by atoms with Crippen LogP contribution in [0.15, 0.2) is 4.52 Å². The number of aromatic nitrogens is 2. The van der Waals surface area contributed by atoms with Crippen LogP contribution in [0.25, 0.3) is 0 Å². The van der Waals surface area contributed by atoms with Gasteiger partial charge in [0.1, 0.15) is 0 Å². The van der Waals surface area contributed by atoms with Gasteiger partial charge in [0.2, 0.25) is 5.89 Å². The van der Waals surface area contributed by atoms with Gasteiger partial charge in [0, 0.05) is 12.3 Å². The van der Waals surface area contributed by atoms with E-state index >= 15 is 0 Å². The second-order valence-corrected chi connectivity index (χ2v) is 6.14. The Labute approximate surface area is 122 Å². The van der Waals surface area contributed by atoms with Crippen molar-refractivity contribution in [2.75, 3.05) is 6.54 Å². The van der Waals surface area contributed by atoms with Crippen molar-refractivity contribution in [2.24, 2.45) is 11.7 Å². The summed E-state index contributed by atoms with van der Waals surface area (Å²) in [5.41, 5.74) is 5.49. The maximum absolute atomic E-state index is 5.49. The highest BCUT2D eigenvalue weighted by Gasteiger charge is 2.25. The molecule has 2 atom stereocenters. The second kappa shape index (κ2) is 8.40. The molecule has 1 fully saturated rings. The maximum Gasteiger partial charge on any atom is 0.226 e. The lowest BCUT2D eigenvalue weighted by molar-refractivity contribution is 0.297. The summed E-state index contributed by atoms with van der Waals surface area (Å²) in [6, 6.07) is 0. The van der Waals surface area contributed by atoms with Crippen LogP contribution in [0.4, 0.5) is 0 Å². The Morgan fingerprint density at radius 1 is 1.20 bits per heavy atom. The average molecular weight is 279 g/mol. The van der Waals surface area contributed by atoms with Gasteiger partial charge in [-0.25, -0.2) is 0 Å². The molecule has 0 radical (unpaired) electrons. The van der Waals surface area contributed by atoms with Crippen LogP contribution in [0, 0.1) is 5.92 Å². The summed E-state index contributed by atoms with van der Waals surface area (Å²) in [5.74, 6) is 3.17. The highest BCUT2D eigenvalue weighted by Crippen LogP contribution is 2.36. The van der Waals surface area contributed by atoms with Crippen LogP contribution in [0.2, 0.25) is 0 Å². The molecule has 1 aromatic heterocycles. The first kappa shape index (κ1) is 15.5. The van der Waals surface area contributed by atoms with Gasteiger partial charge in [0.15, 0.2) is 5.82 Å². The van der Waals surface area contributed by atoms with Crippen molar-refractivity contribution >= 4 is 0 Å². The first-order valence-corrected chi connectivity index (χ1v) is 8.36. The molecule has 4 nitrogen and oxygen atoms in total. The van der Waals surface area contributed by atoms with Gasteiger partial charge in [-0.2, -0.15) is 4.98 Å². The smallest absolute Gasteiger partial charge is 0.226 e. The molecule has 2 N–H and O–H groups in total. The van der Waals surface area contributed by atoms with Crippen molar-refractivity contribution in [2.45, 2.75) is 77.0 Å². The molecule has 2 rings (SSSR count). The molecule has 2 unspecified atom stereocenters. The quantitative estimate of drug-likeness (QED) is 0.735. The monoisotopic (exact) mass is 279 g/mol. The topological polar surface area (TPSA) is 64.9 Å². The normalized spacial score (nSPS) is 23.1. The zero-order valence-electron chi connectivity index (χ0n) is 12.8. The SMILES string of the molecule is CCC1CCCC(c2noc(CCCCCCN)n2)C1. The lowest BCUT2D eigenvalue weighted by Crippen LogP contribution is -2.14. The van der Waals surface area contributed by atoms with E-state index in [1.54, 1.807) is 0 Å². The number of aryl methyl sites for hydroxylation is 1. The van der Waals surface area contributed by atoms with Gasteiger partial charge in [-0.1, -0.05) is 44.2 Å². The highest BCUT2D eigenvalue weighted by molar-refractivity contribution is 4.98. The fourth-order valence-corrected chi connectivity index (χ4v) is 3.21. The molecule has 1 aromatic rings. The van der Waals surface area contributed by atoms with E-state index in [0.29, 0.717) is 5.92 Å². The summed E-state index contributed by atoms with van der Waals surface area (Å²) < 4.78 is 5.41. The summed E-state index contributed by atoms with van der Waals surface area (Å²) >= 11 is 0. The van der Waals surface area contributed by atoms with Crippen LogP contribution >= 0.6 is 0 Å². The molecule has 114 valence electrons. The molecule has 1 aliphatic rings. The van der Waals surface area contributed by atoms with E-state index in [2.05, 4.69) is 17.1 Å². The van der Waals surface area contributed by atoms with Crippen molar-refractivity contribution in [3.63, 3.8) is 0 Å². The van der Waals surface area contributed by atoms with Crippen molar-refractivity contribution in [1.29, 1.82) is 0 Å². The maximum atomic E-state index is 5.49. The van der Waals surface area contributed by atoms with E-state index in [0.717, 1.165) is 43.4 Å². The minimum Gasteiger partial charge on any atom is -0.339 e. The van der Waals surface area contributed by atoms with E-state index < -0.39 is 0 Å². The van der Waals surface area contributed by atoms with E-state index in [1.807, 2.05) is 0 Å². The zero-order valence-corrected chi connectivity index (χ0v) is 12.8. The van der Waals surface area contributed by atoms with Crippen molar-refractivity contribution in [3.05, 3.63) is 11.7 Å². The van der Waals surface area contributed by atoms with Crippen molar-refractivity contribution in [1.82, 2.24) is 10.1 Å². The molecular weight excluding hydrogens is 250 g/mol. The minimum absolute atomic E-state index is 0.531. The summed E-state index contributed by atoms with van der Waals surface area (Å²) in [5, 5.41) is 4.22. The predicted molar refractivity (Wildman–Crippen MR) is 80.5 cm³/mol. The number of hydrogen-bond acceptors (Lipinski definition) is 4. The second-order valence-electron chi connectivity index (χ2n) is 6.14. The first-order valence-electron chi connectivity index (χ1n) is 8.36. The van der Waals surface area contributed by atoms with Crippen molar-refractivity contribution in [3.8, 4) is 0 Å². The number of nitrogens with two attached hydrogens (primary N) is 1. The van der Waals surface area contributed by atoms with Crippen LogP contribution in [-0.4, -0.2) is 16.7 Å².